The van der Waals surface area contributed by atoms with Gasteiger partial charge in [0.15, 0.2) is 5.71 Å². The Labute approximate surface area is 222 Å². The lowest BCUT2D eigenvalue weighted by molar-refractivity contribution is -0.138. The number of hydrogen-bond acceptors (Lipinski definition) is 5. The first-order chi connectivity index (χ1) is 19.0. The van der Waals surface area contributed by atoms with E-state index >= 15 is 0 Å². The Hall–Kier alpha value is -5.36. The molecule has 1 aliphatic carbocycles. The lowest BCUT2D eigenvalue weighted by Crippen LogP contribution is -2.25. The quantitative estimate of drug-likeness (QED) is 0.102. The first-order valence-electron chi connectivity index (χ1n) is 11.3. The molecule has 3 aromatic carbocycles. The maximum atomic E-state index is 13.6. The normalized spacial score (nSPS) is 14.8. The van der Waals surface area contributed by atoms with Crippen LogP contribution in [0, 0.1) is 18.0 Å². The van der Waals surface area contributed by atoms with Crippen molar-refractivity contribution in [1.29, 1.82) is 5.26 Å². The summed E-state index contributed by atoms with van der Waals surface area (Å²) in [4.78, 5) is 16.0. The molecule has 0 aliphatic heterocycles. The largest absolute Gasteiger partial charge is 0.416 e. The zero-order chi connectivity index (χ0) is 28.7. The molecular weight excluding hydrogens is 534 g/mol. The average molecular weight is 546 g/mol. The molecule has 4 aromatic rings. The van der Waals surface area contributed by atoms with E-state index in [2.05, 4.69) is 25.0 Å². The van der Waals surface area contributed by atoms with Crippen molar-refractivity contribution >= 4 is 11.4 Å². The Morgan fingerprint density at radius 3 is 1.60 bits per heavy atom. The molecule has 0 amide bonds. The fourth-order valence-corrected chi connectivity index (χ4v) is 4.32. The predicted octanol–water partition coefficient (Wildman–Crippen LogP) is 7.15. The number of alkyl halides is 6. The second-order valence-corrected chi connectivity index (χ2v) is 8.43. The average Bonchev–Trinajstić information content (AvgIpc) is 2.93. The van der Waals surface area contributed by atoms with Crippen LogP contribution in [-0.2, 0) is 12.4 Å². The number of benzene rings is 3. The van der Waals surface area contributed by atoms with Crippen LogP contribution < -0.4 is 0 Å². The SMILES string of the molecule is [C-]#[N+]/N=C1\c2ccccc2C(=NC#N)c2nc(-c3cccc(C(F)(F)F)c3)c(-c3cccc(C(F)(F)F)c3)nc21. The van der Waals surface area contributed by atoms with E-state index in [-0.39, 0.29) is 45.3 Å². The first kappa shape index (κ1) is 26.3. The molecule has 5 rings (SSSR count). The molecule has 1 aliphatic rings. The lowest BCUT2D eigenvalue weighted by atomic mass is 9.87. The topological polar surface area (TPSA) is 78.6 Å². The van der Waals surface area contributed by atoms with Crippen LogP contribution in [0.5, 0.6) is 0 Å². The van der Waals surface area contributed by atoms with Gasteiger partial charge in [-0.1, -0.05) is 48.5 Å². The number of hydrogen-bond donors (Lipinski definition) is 0. The molecule has 0 radical (unpaired) electrons. The summed E-state index contributed by atoms with van der Waals surface area (Å²) in [6, 6.07) is 14.7. The number of nitriles is 1. The number of fused-ring (bicyclic) bond motifs is 2. The summed E-state index contributed by atoms with van der Waals surface area (Å²) >= 11 is 0. The molecule has 0 unspecified atom stereocenters. The lowest BCUT2D eigenvalue weighted by Gasteiger charge is -2.22. The highest BCUT2D eigenvalue weighted by Crippen LogP contribution is 2.39. The van der Waals surface area contributed by atoms with Gasteiger partial charge in [0.25, 0.3) is 0 Å². The Bertz CT molecular complexity index is 1670. The summed E-state index contributed by atoms with van der Waals surface area (Å²) in [6.45, 7) is 7.30. The van der Waals surface area contributed by atoms with Crippen molar-refractivity contribution in [2.45, 2.75) is 12.4 Å². The van der Waals surface area contributed by atoms with E-state index in [0.29, 0.717) is 11.1 Å². The van der Waals surface area contributed by atoms with Crippen molar-refractivity contribution < 1.29 is 26.3 Å². The van der Waals surface area contributed by atoms with E-state index in [1.54, 1.807) is 30.5 Å². The van der Waals surface area contributed by atoms with E-state index in [1.165, 1.54) is 12.1 Å². The smallest absolute Gasteiger partial charge is 0.241 e. The number of rotatable bonds is 2. The minimum absolute atomic E-state index is 0.0216. The van der Waals surface area contributed by atoms with Crippen molar-refractivity contribution in [2.24, 2.45) is 10.1 Å². The Morgan fingerprint density at radius 2 is 1.15 bits per heavy atom. The summed E-state index contributed by atoms with van der Waals surface area (Å²) in [6.07, 6.45) is -7.75. The van der Waals surface area contributed by atoms with E-state index in [0.717, 1.165) is 36.4 Å². The highest BCUT2D eigenvalue weighted by molar-refractivity contribution is 6.30. The minimum Gasteiger partial charge on any atom is -0.241 e. The number of aromatic nitrogens is 2. The molecule has 0 saturated carbocycles. The third kappa shape index (κ3) is 4.67. The molecular formula is C28H12F6N6. The van der Waals surface area contributed by atoms with Gasteiger partial charge in [-0.25, -0.2) is 9.97 Å². The fraction of sp³-hybridized carbons (Fsp3) is 0.0714. The van der Waals surface area contributed by atoms with Gasteiger partial charge in [0.05, 0.1) is 27.6 Å². The van der Waals surface area contributed by atoms with Gasteiger partial charge in [-0.05, 0) is 24.3 Å². The third-order valence-electron chi connectivity index (χ3n) is 6.02. The van der Waals surface area contributed by atoms with Crippen LogP contribution in [0.25, 0.3) is 27.5 Å². The van der Waals surface area contributed by atoms with Crippen molar-refractivity contribution in [3.05, 3.63) is 118 Å². The zero-order valence-corrected chi connectivity index (χ0v) is 19.9. The second kappa shape index (κ2) is 9.75. The van der Waals surface area contributed by atoms with Crippen LogP contribution in [0.3, 0.4) is 0 Å². The van der Waals surface area contributed by atoms with Gasteiger partial charge in [-0.15, -0.1) is 4.95 Å². The van der Waals surface area contributed by atoms with Gasteiger partial charge in [0, 0.05) is 22.3 Å². The predicted molar refractivity (Wildman–Crippen MR) is 133 cm³/mol. The van der Waals surface area contributed by atoms with Gasteiger partial charge in [-0.2, -0.15) is 43.2 Å². The molecule has 0 bridgehead atoms. The molecule has 0 fully saturated rings. The first-order valence-corrected chi connectivity index (χ1v) is 11.3. The Kier molecular flexibility index (Phi) is 6.40. The molecule has 0 atom stereocenters. The summed E-state index contributed by atoms with van der Waals surface area (Å²) in [5.41, 5.74) is -1.90. The molecule has 0 spiro atoms. The molecule has 6 nitrogen and oxygen atoms in total. The van der Waals surface area contributed by atoms with Crippen LogP contribution in [0.15, 0.2) is 82.9 Å². The van der Waals surface area contributed by atoms with Gasteiger partial charge in [-0.3, -0.25) is 0 Å². The monoisotopic (exact) mass is 546 g/mol. The Morgan fingerprint density at radius 1 is 0.675 bits per heavy atom. The molecule has 1 heterocycles. The van der Waals surface area contributed by atoms with Crippen molar-refractivity contribution in [3.8, 4) is 28.7 Å². The zero-order valence-electron chi connectivity index (χ0n) is 19.9. The maximum Gasteiger partial charge on any atom is 0.416 e. The highest BCUT2D eigenvalue weighted by atomic mass is 19.4. The van der Waals surface area contributed by atoms with Gasteiger partial charge >= 0.3 is 12.4 Å². The van der Waals surface area contributed by atoms with Crippen LogP contribution in [0.2, 0.25) is 0 Å². The molecule has 0 N–H and O–H groups in total. The Balaban J connectivity index is 1.89. The van der Waals surface area contributed by atoms with Crippen molar-refractivity contribution in [3.63, 3.8) is 0 Å². The van der Waals surface area contributed by atoms with E-state index < -0.39 is 23.5 Å². The second-order valence-electron chi connectivity index (χ2n) is 8.43. The van der Waals surface area contributed by atoms with Crippen LogP contribution in [0.1, 0.15) is 33.6 Å². The molecule has 1 aromatic heterocycles. The van der Waals surface area contributed by atoms with E-state index in [4.69, 9.17) is 6.57 Å². The number of nitrogens with zero attached hydrogens (tertiary/aromatic N) is 6. The van der Waals surface area contributed by atoms with Crippen LogP contribution >= 0.6 is 0 Å². The van der Waals surface area contributed by atoms with Crippen LogP contribution in [-0.4, -0.2) is 21.4 Å². The van der Waals surface area contributed by atoms with E-state index in [9.17, 15) is 31.6 Å². The number of halogens is 6. The summed E-state index contributed by atoms with van der Waals surface area (Å²) in [5.74, 6) is 0. The molecule has 12 heteroatoms. The van der Waals surface area contributed by atoms with Gasteiger partial charge in [0.1, 0.15) is 17.1 Å². The third-order valence-corrected chi connectivity index (χ3v) is 6.02. The molecule has 196 valence electrons. The minimum atomic E-state index is -4.71. The summed E-state index contributed by atoms with van der Waals surface area (Å²) in [5, 5.41) is 13.2. The molecule has 0 saturated heterocycles. The summed E-state index contributed by atoms with van der Waals surface area (Å²) < 4.78 is 81.4. The van der Waals surface area contributed by atoms with Gasteiger partial charge in [0.2, 0.25) is 6.19 Å². The van der Waals surface area contributed by atoms with Gasteiger partial charge < -0.3 is 0 Å². The van der Waals surface area contributed by atoms with Crippen LogP contribution in [0.4, 0.5) is 26.3 Å². The maximum absolute atomic E-state index is 13.6. The number of aliphatic imine (C=N–C) groups is 1. The summed E-state index contributed by atoms with van der Waals surface area (Å²) in [7, 11) is 0. The fourth-order valence-electron chi connectivity index (χ4n) is 4.32. The van der Waals surface area contributed by atoms with Crippen molar-refractivity contribution in [1.82, 2.24) is 9.97 Å². The molecule has 40 heavy (non-hydrogen) atoms. The van der Waals surface area contributed by atoms with Crippen molar-refractivity contribution in [2.75, 3.05) is 0 Å². The standard InChI is InChI=1S/C28H12F6N6/c1-36-40-24-20-11-3-2-10-19(20)23(37-14-35)25-26(24)39-22(16-7-5-9-18(13-16)28(32,33)34)21(38-25)15-6-4-8-17(12-15)27(29,30)31/h2-13H/b37-23?,40-24+. The van der Waals surface area contributed by atoms with E-state index in [1.807, 2.05) is 0 Å². The highest BCUT2D eigenvalue weighted by Gasteiger charge is 2.35.